The lowest BCUT2D eigenvalue weighted by atomic mass is 9.60. The van der Waals surface area contributed by atoms with Crippen LogP contribution in [0.25, 0.3) is 0 Å². The van der Waals surface area contributed by atoms with Gasteiger partial charge in [-0.2, -0.15) is 0 Å². The van der Waals surface area contributed by atoms with Crippen molar-refractivity contribution in [3.05, 3.63) is 23.8 Å². The van der Waals surface area contributed by atoms with Crippen LogP contribution in [0.5, 0.6) is 0 Å². The first-order valence-corrected chi connectivity index (χ1v) is 14.0. The number of rotatable bonds is 11. The van der Waals surface area contributed by atoms with E-state index in [1.54, 1.807) is 7.11 Å². The van der Waals surface area contributed by atoms with Gasteiger partial charge >= 0.3 is 0 Å². The summed E-state index contributed by atoms with van der Waals surface area (Å²) in [5.41, 5.74) is 0.212. The molecule has 4 fully saturated rings. The molecule has 4 rings (SSSR count). The second kappa shape index (κ2) is 10.2. The molecule has 0 amide bonds. The number of aliphatic hydroxyl groups is 3. The quantitative estimate of drug-likeness (QED) is 0.273. The molecule has 0 heterocycles. The Kier molecular flexibility index (Phi) is 7.97. The molecular weight excluding hydrogens is 440 g/mol. The van der Waals surface area contributed by atoms with E-state index in [0.717, 1.165) is 25.7 Å². The Morgan fingerprint density at radius 3 is 2.60 bits per heavy atom. The van der Waals surface area contributed by atoms with Crippen molar-refractivity contribution in [2.45, 2.75) is 96.7 Å². The highest BCUT2D eigenvalue weighted by Gasteiger charge is 2.72. The van der Waals surface area contributed by atoms with Crippen LogP contribution in [0, 0.1) is 40.4 Å². The van der Waals surface area contributed by atoms with Gasteiger partial charge in [-0.15, -0.1) is 0 Å². The Morgan fingerprint density at radius 2 is 1.94 bits per heavy atom. The number of aliphatic hydroxyl groups excluding tert-OH is 2. The highest BCUT2D eigenvalue weighted by molar-refractivity contribution is 5.28. The van der Waals surface area contributed by atoms with Crippen molar-refractivity contribution in [3.63, 3.8) is 0 Å². The van der Waals surface area contributed by atoms with Crippen LogP contribution >= 0.6 is 0 Å². The molecular formula is C30H50O5. The van der Waals surface area contributed by atoms with Crippen molar-refractivity contribution in [3.8, 4) is 0 Å². The minimum atomic E-state index is -1.03. The number of ether oxygens (including phenoxy) is 2. The minimum absolute atomic E-state index is 0.0461. The van der Waals surface area contributed by atoms with E-state index < -0.39 is 5.60 Å². The van der Waals surface area contributed by atoms with Crippen LogP contribution in [0.2, 0.25) is 0 Å². The summed E-state index contributed by atoms with van der Waals surface area (Å²) in [6, 6.07) is 0. The Hall–Kier alpha value is -0.720. The molecule has 35 heavy (non-hydrogen) atoms. The van der Waals surface area contributed by atoms with Gasteiger partial charge in [-0.25, -0.2) is 0 Å². The Bertz CT molecular complexity index is 805. The second-order valence-corrected chi connectivity index (χ2v) is 13.1. The van der Waals surface area contributed by atoms with Crippen molar-refractivity contribution in [1.29, 1.82) is 0 Å². The Morgan fingerprint density at radius 1 is 1.17 bits per heavy atom. The number of fused-ring (bicyclic) bond motifs is 2. The zero-order valence-electron chi connectivity index (χ0n) is 22.8. The van der Waals surface area contributed by atoms with Crippen molar-refractivity contribution < 1.29 is 24.8 Å². The average molecular weight is 491 g/mol. The van der Waals surface area contributed by atoms with E-state index in [4.69, 9.17) is 9.47 Å². The predicted octanol–water partition coefficient (Wildman–Crippen LogP) is 5.24. The standard InChI is InChI=1S/C30H50O5/c1-21(8-6-13-27(2,3)35-20-34-5)25-10-11-26-22(9-7-14-28(25,26)4)16-24(18-31)30-17-23(30)12-15-29(30,33)19-32/h6,8,16,21,23-26,31-33H,7,9-15,17-20H2,1-5H3/b8-6+,22-16+/t21-,23-,24+,25-,26+,28-,29?,30+/m1/s1. The zero-order valence-corrected chi connectivity index (χ0v) is 22.8. The molecule has 5 nitrogen and oxygen atoms in total. The average Bonchev–Trinajstić information content (AvgIpc) is 3.36. The predicted molar refractivity (Wildman–Crippen MR) is 139 cm³/mol. The number of allylic oxidation sites excluding steroid dienone is 2. The summed E-state index contributed by atoms with van der Waals surface area (Å²) >= 11 is 0. The van der Waals surface area contributed by atoms with Gasteiger partial charge < -0.3 is 24.8 Å². The van der Waals surface area contributed by atoms with Gasteiger partial charge in [-0.3, -0.25) is 0 Å². The molecule has 0 aromatic rings. The molecule has 8 atom stereocenters. The lowest BCUT2D eigenvalue weighted by Gasteiger charge is -2.45. The third-order valence-electron chi connectivity index (χ3n) is 10.7. The molecule has 0 spiro atoms. The monoisotopic (exact) mass is 490 g/mol. The molecule has 4 saturated carbocycles. The van der Waals surface area contributed by atoms with E-state index in [-0.39, 0.29) is 35.6 Å². The van der Waals surface area contributed by atoms with E-state index in [9.17, 15) is 15.3 Å². The van der Waals surface area contributed by atoms with Gasteiger partial charge in [-0.05, 0) is 101 Å². The highest BCUT2D eigenvalue weighted by atomic mass is 16.7. The van der Waals surface area contributed by atoms with Gasteiger partial charge in [0.05, 0.1) is 17.8 Å². The normalized spacial score (nSPS) is 41.8. The topological polar surface area (TPSA) is 79.2 Å². The first-order valence-electron chi connectivity index (χ1n) is 14.0. The van der Waals surface area contributed by atoms with Crippen LogP contribution in [0.15, 0.2) is 23.8 Å². The Labute approximate surface area is 213 Å². The number of hydrogen-bond acceptors (Lipinski definition) is 5. The lowest BCUT2D eigenvalue weighted by molar-refractivity contribution is -0.112. The van der Waals surface area contributed by atoms with E-state index >= 15 is 0 Å². The maximum absolute atomic E-state index is 11.2. The summed E-state index contributed by atoms with van der Waals surface area (Å²) < 4.78 is 10.9. The molecule has 0 aromatic heterocycles. The maximum atomic E-state index is 11.2. The maximum Gasteiger partial charge on any atom is 0.147 e. The minimum Gasteiger partial charge on any atom is -0.396 e. The Balaban J connectivity index is 1.47. The smallest absolute Gasteiger partial charge is 0.147 e. The molecule has 4 aliphatic rings. The van der Waals surface area contributed by atoms with E-state index in [1.807, 2.05) is 0 Å². The molecule has 3 N–H and O–H groups in total. The first-order chi connectivity index (χ1) is 16.6. The number of hydrogen-bond donors (Lipinski definition) is 3. The molecule has 1 unspecified atom stereocenters. The van der Waals surface area contributed by atoms with Crippen LogP contribution in [0.4, 0.5) is 0 Å². The molecule has 0 bridgehead atoms. The molecule has 0 aliphatic heterocycles. The van der Waals surface area contributed by atoms with Crippen molar-refractivity contribution in [2.75, 3.05) is 27.1 Å². The van der Waals surface area contributed by atoms with Crippen molar-refractivity contribution in [1.82, 2.24) is 0 Å². The van der Waals surface area contributed by atoms with E-state index in [2.05, 4.69) is 45.9 Å². The van der Waals surface area contributed by atoms with Crippen LogP contribution in [-0.4, -0.2) is 53.6 Å². The highest BCUT2D eigenvalue weighted by Crippen LogP contribution is 2.72. The number of methoxy groups -OCH3 is 1. The van der Waals surface area contributed by atoms with Crippen LogP contribution in [0.3, 0.4) is 0 Å². The van der Waals surface area contributed by atoms with Crippen LogP contribution < -0.4 is 0 Å². The summed E-state index contributed by atoms with van der Waals surface area (Å²) in [7, 11) is 1.66. The molecule has 200 valence electrons. The molecule has 0 radical (unpaired) electrons. The summed E-state index contributed by atoms with van der Waals surface area (Å²) in [5.74, 6) is 2.12. The third kappa shape index (κ3) is 4.81. The third-order valence-corrected chi connectivity index (χ3v) is 10.7. The molecule has 0 saturated heterocycles. The molecule has 4 aliphatic carbocycles. The van der Waals surface area contributed by atoms with E-state index in [1.165, 1.54) is 31.3 Å². The fourth-order valence-corrected chi connectivity index (χ4v) is 8.69. The second-order valence-electron chi connectivity index (χ2n) is 13.1. The van der Waals surface area contributed by atoms with Crippen molar-refractivity contribution in [2.24, 2.45) is 40.4 Å². The van der Waals surface area contributed by atoms with Crippen LogP contribution in [0.1, 0.15) is 85.5 Å². The summed E-state index contributed by atoms with van der Waals surface area (Å²) in [6.45, 7) is 9.29. The fraction of sp³-hybridized carbons (Fsp3) is 0.867. The fourth-order valence-electron chi connectivity index (χ4n) is 8.69. The SMILES string of the molecule is COCOC(C)(C)C/C=C/[C@@H](C)[C@H]1CC[C@H]2/C(=C/[C@@H](CO)[C@]34C[C@H]3CCC4(O)CO)CCC[C@]12C. The van der Waals surface area contributed by atoms with Gasteiger partial charge in [0.25, 0.3) is 0 Å². The summed E-state index contributed by atoms with van der Waals surface area (Å²) in [4.78, 5) is 0. The van der Waals surface area contributed by atoms with Gasteiger partial charge in [0, 0.05) is 25.0 Å². The largest absolute Gasteiger partial charge is 0.396 e. The van der Waals surface area contributed by atoms with Gasteiger partial charge in [-0.1, -0.05) is 37.6 Å². The van der Waals surface area contributed by atoms with Gasteiger partial charge in [0.15, 0.2) is 0 Å². The summed E-state index contributed by atoms with van der Waals surface area (Å²) in [5, 5.41) is 31.7. The zero-order chi connectivity index (χ0) is 25.5. The van der Waals surface area contributed by atoms with Gasteiger partial charge in [0.2, 0.25) is 0 Å². The van der Waals surface area contributed by atoms with Crippen LogP contribution in [-0.2, 0) is 9.47 Å². The van der Waals surface area contributed by atoms with E-state index in [0.29, 0.717) is 36.9 Å². The summed E-state index contributed by atoms with van der Waals surface area (Å²) in [6.07, 6.45) is 16.5. The van der Waals surface area contributed by atoms with Crippen molar-refractivity contribution >= 4 is 0 Å². The lowest BCUT2D eigenvalue weighted by Crippen LogP contribution is -2.46. The molecule has 0 aromatic carbocycles. The molecule has 5 heteroatoms. The first kappa shape index (κ1) is 27.3. The van der Waals surface area contributed by atoms with Gasteiger partial charge in [0.1, 0.15) is 6.79 Å².